The number of hydrogen-bond acceptors (Lipinski definition) is 4. The fourth-order valence-corrected chi connectivity index (χ4v) is 4.23. The second kappa shape index (κ2) is 5.91. The van der Waals surface area contributed by atoms with E-state index in [0.717, 1.165) is 19.3 Å². The summed E-state index contributed by atoms with van der Waals surface area (Å²) in [5.41, 5.74) is 0. The Morgan fingerprint density at radius 2 is 1.90 bits per heavy atom. The van der Waals surface area contributed by atoms with Crippen molar-refractivity contribution in [2.45, 2.75) is 94.9 Å². The Labute approximate surface area is 121 Å². The Kier molecular flexibility index (Phi) is 4.37. The highest BCUT2D eigenvalue weighted by Crippen LogP contribution is 2.51. The lowest BCUT2D eigenvalue weighted by Gasteiger charge is -2.46. The first kappa shape index (κ1) is 14.8. The summed E-state index contributed by atoms with van der Waals surface area (Å²) in [6.07, 6.45) is 8.28. The van der Waals surface area contributed by atoms with Crippen LogP contribution < -0.4 is 0 Å². The molecule has 0 aromatic carbocycles. The van der Waals surface area contributed by atoms with E-state index in [9.17, 15) is 10.2 Å². The Morgan fingerprint density at radius 1 is 1.05 bits per heavy atom. The largest absolute Gasteiger partial charge is 0.393 e. The van der Waals surface area contributed by atoms with Crippen molar-refractivity contribution < 1.29 is 19.7 Å². The molecule has 20 heavy (non-hydrogen) atoms. The lowest BCUT2D eigenvalue weighted by molar-refractivity contribution is -0.299. The molecule has 2 aliphatic heterocycles. The fraction of sp³-hybridized carbons (Fsp3) is 1.00. The van der Waals surface area contributed by atoms with Crippen molar-refractivity contribution in [3.05, 3.63) is 0 Å². The van der Waals surface area contributed by atoms with E-state index in [-0.39, 0.29) is 18.1 Å². The van der Waals surface area contributed by atoms with Gasteiger partial charge in [0.05, 0.1) is 18.3 Å². The standard InChI is InChI=1S/C16H28O4/c1-2-3-4-5-6-13-14-8-7-11-9-12(17)10-15(18)16(11,19-13)20-14/h11-15,17-18H,2-10H2,1H3. The molecular weight excluding hydrogens is 256 g/mol. The van der Waals surface area contributed by atoms with Gasteiger partial charge in [0.15, 0.2) is 5.79 Å². The van der Waals surface area contributed by atoms with E-state index in [1.54, 1.807) is 0 Å². The van der Waals surface area contributed by atoms with Gasteiger partial charge in [-0.1, -0.05) is 32.6 Å². The lowest BCUT2D eigenvalue weighted by Crippen LogP contribution is -2.57. The highest BCUT2D eigenvalue weighted by atomic mass is 16.8. The van der Waals surface area contributed by atoms with Crippen LogP contribution >= 0.6 is 0 Å². The summed E-state index contributed by atoms with van der Waals surface area (Å²) in [4.78, 5) is 0. The molecule has 116 valence electrons. The Morgan fingerprint density at radius 3 is 2.70 bits per heavy atom. The zero-order valence-electron chi connectivity index (χ0n) is 12.5. The maximum atomic E-state index is 10.4. The van der Waals surface area contributed by atoms with Crippen LogP contribution in [0.15, 0.2) is 0 Å². The summed E-state index contributed by atoms with van der Waals surface area (Å²) >= 11 is 0. The number of fused-ring (bicyclic) bond motifs is 1. The molecule has 0 radical (unpaired) electrons. The maximum Gasteiger partial charge on any atom is 0.198 e. The quantitative estimate of drug-likeness (QED) is 0.761. The van der Waals surface area contributed by atoms with Gasteiger partial charge in [-0.3, -0.25) is 0 Å². The number of unbranched alkanes of at least 4 members (excludes halogenated alkanes) is 3. The van der Waals surface area contributed by atoms with Gasteiger partial charge in [0.1, 0.15) is 6.10 Å². The summed E-state index contributed by atoms with van der Waals surface area (Å²) < 4.78 is 12.4. The summed E-state index contributed by atoms with van der Waals surface area (Å²) in [6.45, 7) is 2.22. The first-order valence-electron chi connectivity index (χ1n) is 8.37. The summed E-state index contributed by atoms with van der Waals surface area (Å²) in [5.74, 6) is -0.657. The molecule has 6 atom stereocenters. The van der Waals surface area contributed by atoms with Gasteiger partial charge in [0.2, 0.25) is 0 Å². The highest BCUT2D eigenvalue weighted by Gasteiger charge is 2.61. The molecule has 0 amide bonds. The number of aliphatic hydroxyl groups is 2. The van der Waals surface area contributed by atoms with Gasteiger partial charge in [0, 0.05) is 12.3 Å². The fourth-order valence-electron chi connectivity index (χ4n) is 4.23. The minimum Gasteiger partial charge on any atom is -0.393 e. The smallest absolute Gasteiger partial charge is 0.198 e. The lowest BCUT2D eigenvalue weighted by atomic mass is 9.76. The third-order valence-corrected chi connectivity index (χ3v) is 5.31. The molecule has 2 N–H and O–H groups in total. The Bertz CT molecular complexity index is 334. The molecule has 0 aromatic heterocycles. The zero-order valence-corrected chi connectivity index (χ0v) is 12.5. The zero-order chi connectivity index (χ0) is 14.2. The molecule has 1 spiro atoms. The van der Waals surface area contributed by atoms with Crippen molar-refractivity contribution >= 4 is 0 Å². The van der Waals surface area contributed by atoms with E-state index in [0.29, 0.717) is 12.8 Å². The van der Waals surface area contributed by atoms with Crippen LogP contribution in [-0.2, 0) is 9.47 Å². The van der Waals surface area contributed by atoms with Gasteiger partial charge in [-0.2, -0.15) is 0 Å². The summed E-state index contributed by atoms with van der Waals surface area (Å²) in [6, 6.07) is 0. The second-order valence-corrected chi connectivity index (χ2v) is 6.80. The van der Waals surface area contributed by atoms with Crippen LogP contribution in [0.5, 0.6) is 0 Å². The third kappa shape index (κ3) is 2.52. The molecule has 4 heteroatoms. The molecule has 2 heterocycles. The molecule has 2 saturated heterocycles. The van der Waals surface area contributed by atoms with E-state index >= 15 is 0 Å². The SMILES string of the molecule is CCCCCCC1OC23OC1CCC2CC(O)CC3O. The predicted octanol–water partition coefficient (Wildman–Crippen LogP) is 2.36. The summed E-state index contributed by atoms with van der Waals surface area (Å²) in [5, 5.41) is 20.2. The molecule has 6 unspecified atom stereocenters. The average molecular weight is 284 g/mol. The molecule has 4 nitrogen and oxygen atoms in total. The average Bonchev–Trinajstić information content (AvgIpc) is 2.71. The molecule has 3 rings (SSSR count). The van der Waals surface area contributed by atoms with Crippen LogP contribution in [0.3, 0.4) is 0 Å². The van der Waals surface area contributed by atoms with E-state index in [1.807, 2.05) is 0 Å². The van der Waals surface area contributed by atoms with Crippen molar-refractivity contribution in [3.63, 3.8) is 0 Å². The topological polar surface area (TPSA) is 58.9 Å². The van der Waals surface area contributed by atoms with Crippen LogP contribution in [0.25, 0.3) is 0 Å². The first-order valence-corrected chi connectivity index (χ1v) is 8.37. The third-order valence-electron chi connectivity index (χ3n) is 5.31. The molecular formula is C16H28O4. The highest BCUT2D eigenvalue weighted by molar-refractivity contribution is 5.03. The molecule has 1 aliphatic carbocycles. The Balaban J connectivity index is 1.63. The second-order valence-electron chi connectivity index (χ2n) is 6.80. The van der Waals surface area contributed by atoms with Crippen LogP contribution in [0, 0.1) is 5.92 Å². The van der Waals surface area contributed by atoms with Crippen molar-refractivity contribution in [1.29, 1.82) is 0 Å². The molecule has 0 aromatic rings. The van der Waals surface area contributed by atoms with E-state index in [2.05, 4.69) is 6.92 Å². The summed E-state index contributed by atoms with van der Waals surface area (Å²) in [7, 11) is 0. The predicted molar refractivity (Wildman–Crippen MR) is 75.2 cm³/mol. The first-order chi connectivity index (χ1) is 9.65. The number of hydrogen-bond donors (Lipinski definition) is 2. The number of aliphatic hydroxyl groups excluding tert-OH is 2. The van der Waals surface area contributed by atoms with Crippen molar-refractivity contribution in [1.82, 2.24) is 0 Å². The van der Waals surface area contributed by atoms with Gasteiger partial charge in [-0.05, 0) is 25.7 Å². The van der Waals surface area contributed by atoms with Gasteiger partial charge in [-0.15, -0.1) is 0 Å². The van der Waals surface area contributed by atoms with Crippen LogP contribution in [-0.4, -0.2) is 40.4 Å². The van der Waals surface area contributed by atoms with E-state index < -0.39 is 18.0 Å². The van der Waals surface area contributed by atoms with Gasteiger partial charge in [-0.25, -0.2) is 0 Å². The molecule has 3 aliphatic rings. The maximum absolute atomic E-state index is 10.4. The van der Waals surface area contributed by atoms with Gasteiger partial charge in [0.25, 0.3) is 0 Å². The minimum absolute atomic E-state index is 0.141. The van der Waals surface area contributed by atoms with Crippen molar-refractivity contribution in [2.24, 2.45) is 5.92 Å². The van der Waals surface area contributed by atoms with Crippen LogP contribution in [0.4, 0.5) is 0 Å². The molecule has 1 saturated carbocycles. The van der Waals surface area contributed by atoms with Crippen molar-refractivity contribution in [2.75, 3.05) is 0 Å². The van der Waals surface area contributed by atoms with Crippen LogP contribution in [0.2, 0.25) is 0 Å². The van der Waals surface area contributed by atoms with Crippen molar-refractivity contribution in [3.8, 4) is 0 Å². The monoisotopic (exact) mass is 284 g/mol. The van der Waals surface area contributed by atoms with Gasteiger partial charge < -0.3 is 19.7 Å². The molecule has 2 bridgehead atoms. The minimum atomic E-state index is -0.808. The Hall–Kier alpha value is -0.160. The number of ether oxygens (including phenoxy) is 2. The van der Waals surface area contributed by atoms with E-state index in [4.69, 9.17) is 9.47 Å². The molecule has 3 fully saturated rings. The number of rotatable bonds is 5. The van der Waals surface area contributed by atoms with E-state index in [1.165, 1.54) is 25.7 Å². The van der Waals surface area contributed by atoms with Gasteiger partial charge >= 0.3 is 0 Å². The van der Waals surface area contributed by atoms with Crippen LogP contribution in [0.1, 0.15) is 64.7 Å². The normalized spacial score (nSPS) is 47.2.